The fourth-order valence-electron chi connectivity index (χ4n) is 3.51. The predicted octanol–water partition coefficient (Wildman–Crippen LogP) is 4.40. The molecule has 7 nitrogen and oxygen atoms in total. The van der Waals surface area contributed by atoms with Crippen LogP contribution < -0.4 is 10.0 Å². The van der Waals surface area contributed by atoms with Crippen LogP contribution in [-0.2, 0) is 37.2 Å². The topological polar surface area (TPSA) is 102 Å². The second kappa shape index (κ2) is 12.3. The monoisotopic (exact) mass is 494 g/mol. The molecule has 3 aromatic rings. The van der Waals surface area contributed by atoms with Crippen LogP contribution in [0.4, 0.5) is 5.69 Å². The van der Waals surface area contributed by atoms with Crippen molar-refractivity contribution < 1.29 is 22.7 Å². The molecule has 1 unspecified atom stereocenters. The highest BCUT2D eigenvalue weighted by Crippen LogP contribution is 2.18. The SMILES string of the molecule is CCOC(=O)Cc1ccc(NC(=O)CCc2ccc(S(=O)(=O)NC(C)c3ccccc3)cc2)cc1. The van der Waals surface area contributed by atoms with E-state index >= 15 is 0 Å². The highest BCUT2D eigenvalue weighted by molar-refractivity contribution is 7.89. The number of anilines is 1. The second-order valence-electron chi connectivity index (χ2n) is 8.12. The van der Waals surface area contributed by atoms with Crippen LogP contribution in [0.2, 0.25) is 0 Å². The quantitative estimate of drug-likeness (QED) is 0.385. The molecule has 184 valence electrons. The van der Waals surface area contributed by atoms with Crippen LogP contribution in [0.15, 0.2) is 83.8 Å². The number of benzene rings is 3. The summed E-state index contributed by atoms with van der Waals surface area (Å²) in [5, 5.41) is 2.83. The minimum Gasteiger partial charge on any atom is -0.466 e. The van der Waals surface area contributed by atoms with Gasteiger partial charge in [-0.15, -0.1) is 0 Å². The summed E-state index contributed by atoms with van der Waals surface area (Å²) in [6.07, 6.45) is 0.912. The number of rotatable bonds is 11. The van der Waals surface area contributed by atoms with Gasteiger partial charge >= 0.3 is 5.97 Å². The van der Waals surface area contributed by atoms with Gasteiger partial charge in [-0.2, -0.15) is 0 Å². The lowest BCUT2D eigenvalue weighted by atomic mass is 10.1. The van der Waals surface area contributed by atoms with Gasteiger partial charge in [-0.3, -0.25) is 9.59 Å². The molecule has 2 N–H and O–H groups in total. The van der Waals surface area contributed by atoms with Crippen LogP contribution in [0.1, 0.15) is 43.0 Å². The third-order valence-corrected chi connectivity index (χ3v) is 6.95. The lowest BCUT2D eigenvalue weighted by Crippen LogP contribution is -2.26. The van der Waals surface area contributed by atoms with E-state index in [0.29, 0.717) is 18.7 Å². The van der Waals surface area contributed by atoms with Gasteiger partial charge in [-0.25, -0.2) is 13.1 Å². The van der Waals surface area contributed by atoms with Crippen molar-refractivity contribution in [2.45, 2.75) is 44.0 Å². The average molecular weight is 495 g/mol. The van der Waals surface area contributed by atoms with E-state index in [4.69, 9.17) is 4.74 Å². The van der Waals surface area contributed by atoms with Crippen molar-refractivity contribution in [1.82, 2.24) is 4.72 Å². The lowest BCUT2D eigenvalue weighted by molar-refractivity contribution is -0.142. The van der Waals surface area contributed by atoms with Gasteiger partial charge in [0.1, 0.15) is 0 Å². The zero-order chi connectivity index (χ0) is 25.3. The molecule has 0 aliphatic heterocycles. The first-order chi connectivity index (χ1) is 16.8. The first-order valence-corrected chi connectivity index (χ1v) is 13.0. The molecule has 3 aromatic carbocycles. The largest absolute Gasteiger partial charge is 0.466 e. The fourth-order valence-corrected chi connectivity index (χ4v) is 4.74. The van der Waals surface area contributed by atoms with E-state index in [2.05, 4.69) is 10.0 Å². The number of nitrogens with one attached hydrogen (secondary N) is 2. The number of amides is 1. The molecule has 0 saturated heterocycles. The van der Waals surface area contributed by atoms with E-state index < -0.39 is 10.0 Å². The van der Waals surface area contributed by atoms with Crippen LogP contribution in [0.25, 0.3) is 0 Å². The van der Waals surface area contributed by atoms with Gasteiger partial charge in [0.25, 0.3) is 0 Å². The molecule has 0 bridgehead atoms. The third kappa shape index (κ3) is 8.05. The molecular formula is C27H30N2O5S. The Balaban J connectivity index is 1.50. The summed E-state index contributed by atoms with van der Waals surface area (Å²) in [7, 11) is -3.67. The van der Waals surface area contributed by atoms with Crippen molar-refractivity contribution in [3.05, 3.63) is 95.6 Å². The third-order valence-electron chi connectivity index (χ3n) is 5.40. The zero-order valence-corrected chi connectivity index (χ0v) is 20.7. The summed E-state index contributed by atoms with van der Waals surface area (Å²) < 4.78 is 33.0. The van der Waals surface area contributed by atoms with Crippen LogP contribution in [0.5, 0.6) is 0 Å². The Hall–Kier alpha value is -3.49. The summed E-state index contributed by atoms with van der Waals surface area (Å²) in [6.45, 7) is 3.90. The molecule has 0 aliphatic rings. The van der Waals surface area contributed by atoms with Crippen molar-refractivity contribution in [1.29, 1.82) is 0 Å². The molecule has 0 heterocycles. The van der Waals surface area contributed by atoms with Gasteiger partial charge in [0.2, 0.25) is 15.9 Å². The Morgan fingerprint density at radius 2 is 1.51 bits per heavy atom. The smallest absolute Gasteiger partial charge is 0.310 e. The van der Waals surface area contributed by atoms with Crippen molar-refractivity contribution >= 4 is 27.6 Å². The Morgan fingerprint density at radius 1 is 0.886 bits per heavy atom. The van der Waals surface area contributed by atoms with Gasteiger partial charge in [-0.1, -0.05) is 54.6 Å². The van der Waals surface area contributed by atoms with Crippen molar-refractivity contribution in [2.75, 3.05) is 11.9 Å². The van der Waals surface area contributed by atoms with E-state index in [9.17, 15) is 18.0 Å². The Morgan fingerprint density at radius 3 is 2.14 bits per heavy atom. The summed E-state index contributed by atoms with van der Waals surface area (Å²) in [5.74, 6) is -0.442. The molecule has 0 saturated carbocycles. The molecule has 1 atom stereocenters. The Labute approximate surface area is 206 Å². The molecule has 8 heteroatoms. The number of ether oxygens (including phenoxy) is 1. The minimum atomic E-state index is -3.67. The standard InChI is InChI=1S/C27H30N2O5S/c1-3-34-27(31)19-22-9-14-24(15-10-22)28-26(30)18-13-21-11-16-25(17-12-21)35(32,33)29-20(2)23-7-5-4-6-8-23/h4-12,14-17,20,29H,3,13,18-19H2,1-2H3,(H,28,30). The second-order valence-corrected chi connectivity index (χ2v) is 9.84. The molecule has 1 amide bonds. The fraction of sp³-hybridized carbons (Fsp3) is 0.259. The summed E-state index contributed by atoms with van der Waals surface area (Å²) in [5.41, 5.74) is 3.19. The Bertz CT molecular complexity index is 1220. The number of aryl methyl sites for hydroxylation is 1. The summed E-state index contributed by atoms with van der Waals surface area (Å²) in [6, 6.07) is 22.6. The van der Waals surface area contributed by atoms with Crippen LogP contribution in [0, 0.1) is 0 Å². The molecule has 0 radical (unpaired) electrons. The van der Waals surface area contributed by atoms with Crippen molar-refractivity contribution in [2.24, 2.45) is 0 Å². The molecule has 0 aliphatic carbocycles. The molecule has 3 rings (SSSR count). The van der Waals surface area contributed by atoms with Gasteiger partial charge in [-0.05, 0) is 61.2 Å². The first-order valence-electron chi connectivity index (χ1n) is 11.5. The van der Waals surface area contributed by atoms with Gasteiger partial charge in [0.05, 0.1) is 17.9 Å². The molecule has 35 heavy (non-hydrogen) atoms. The molecule has 0 aromatic heterocycles. The van der Waals surface area contributed by atoms with Gasteiger partial charge in [0, 0.05) is 18.2 Å². The average Bonchev–Trinajstić information content (AvgIpc) is 2.85. The maximum atomic E-state index is 12.7. The van der Waals surface area contributed by atoms with Gasteiger partial charge < -0.3 is 10.1 Å². The van der Waals surface area contributed by atoms with Crippen molar-refractivity contribution in [3.63, 3.8) is 0 Å². The number of carbonyl (C=O) groups excluding carboxylic acids is 2. The number of hydrogen-bond acceptors (Lipinski definition) is 5. The van der Waals surface area contributed by atoms with E-state index in [1.807, 2.05) is 30.3 Å². The van der Waals surface area contributed by atoms with Crippen LogP contribution >= 0.6 is 0 Å². The predicted molar refractivity (Wildman–Crippen MR) is 135 cm³/mol. The lowest BCUT2D eigenvalue weighted by Gasteiger charge is -2.15. The van der Waals surface area contributed by atoms with E-state index in [1.165, 1.54) is 0 Å². The Kier molecular flexibility index (Phi) is 9.17. The normalized spacial score (nSPS) is 12.1. The highest BCUT2D eigenvalue weighted by atomic mass is 32.2. The van der Waals surface area contributed by atoms with E-state index in [0.717, 1.165) is 16.7 Å². The minimum absolute atomic E-state index is 0.154. The van der Waals surface area contributed by atoms with E-state index in [1.54, 1.807) is 62.4 Å². The van der Waals surface area contributed by atoms with Crippen LogP contribution in [-0.4, -0.2) is 26.9 Å². The van der Waals surface area contributed by atoms with Crippen LogP contribution in [0.3, 0.4) is 0 Å². The first kappa shape index (κ1) is 26.1. The number of hydrogen-bond donors (Lipinski definition) is 2. The van der Waals surface area contributed by atoms with Gasteiger partial charge in [0.15, 0.2) is 0 Å². The summed E-state index contributed by atoms with van der Waals surface area (Å²) in [4.78, 5) is 24.0. The maximum absolute atomic E-state index is 12.7. The molecular weight excluding hydrogens is 464 g/mol. The van der Waals surface area contributed by atoms with E-state index in [-0.39, 0.29) is 35.7 Å². The summed E-state index contributed by atoms with van der Waals surface area (Å²) >= 11 is 0. The molecule has 0 fully saturated rings. The number of carbonyl (C=O) groups is 2. The zero-order valence-electron chi connectivity index (χ0n) is 19.9. The maximum Gasteiger partial charge on any atom is 0.310 e. The van der Waals surface area contributed by atoms with Crippen molar-refractivity contribution in [3.8, 4) is 0 Å². The highest BCUT2D eigenvalue weighted by Gasteiger charge is 2.18. The molecule has 0 spiro atoms. The number of sulfonamides is 1. The number of esters is 1.